The fourth-order valence-corrected chi connectivity index (χ4v) is 1.78. The third-order valence-corrected chi connectivity index (χ3v) is 2.85. The highest BCUT2D eigenvalue weighted by Crippen LogP contribution is 2.08. The zero-order valence-corrected chi connectivity index (χ0v) is 10.3. The van der Waals surface area contributed by atoms with E-state index in [1.807, 2.05) is 0 Å². The van der Waals surface area contributed by atoms with Gasteiger partial charge in [-0.2, -0.15) is 0 Å². The monoisotopic (exact) mass is 258 g/mol. The Morgan fingerprint density at radius 1 is 1.33 bits per heavy atom. The van der Waals surface area contributed by atoms with Crippen LogP contribution in [0.15, 0.2) is 0 Å². The van der Waals surface area contributed by atoms with Gasteiger partial charge < -0.3 is 20.1 Å². The Morgan fingerprint density at radius 3 is 2.44 bits per heavy atom. The summed E-state index contributed by atoms with van der Waals surface area (Å²) in [7, 11) is 1.24. The topological polar surface area (TPSA) is 95.9 Å². The minimum atomic E-state index is -1.15. The average Bonchev–Trinajstić information content (AvgIpc) is 2.87. The van der Waals surface area contributed by atoms with Crippen LogP contribution in [0.4, 0.5) is 4.79 Å². The first-order valence-electron chi connectivity index (χ1n) is 5.89. The van der Waals surface area contributed by atoms with Gasteiger partial charge >= 0.3 is 18.0 Å². The van der Waals surface area contributed by atoms with Crippen LogP contribution in [0.25, 0.3) is 0 Å². The first kappa shape index (κ1) is 14.3. The molecule has 2 amide bonds. The Kier molecular flexibility index (Phi) is 5.41. The molecule has 0 aliphatic carbocycles. The second-order valence-electron chi connectivity index (χ2n) is 4.15. The highest BCUT2D eigenvalue weighted by atomic mass is 16.5. The third kappa shape index (κ3) is 4.23. The van der Waals surface area contributed by atoms with Crippen molar-refractivity contribution in [1.82, 2.24) is 10.2 Å². The van der Waals surface area contributed by atoms with Crippen molar-refractivity contribution in [3.63, 3.8) is 0 Å². The number of ether oxygens (including phenoxy) is 1. The first-order valence-corrected chi connectivity index (χ1v) is 5.89. The summed E-state index contributed by atoms with van der Waals surface area (Å²) in [6.45, 7) is 1.30. The predicted octanol–water partition coefficient (Wildman–Crippen LogP) is 0.198. The summed E-state index contributed by atoms with van der Waals surface area (Å²) in [4.78, 5) is 35.2. The standard InChI is InChI=1S/C11H18N2O5/c1-18-9(14)5-4-8(10(15)16)12-11(17)13-6-2-3-7-13/h8H,2-7H2,1H3,(H,12,17)(H,15,16)/t8-/m0/s1. The molecule has 0 unspecified atom stereocenters. The summed E-state index contributed by atoms with van der Waals surface area (Å²) < 4.78 is 4.43. The number of esters is 1. The molecule has 0 aromatic heterocycles. The smallest absolute Gasteiger partial charge is 0.326 e. The lowest BCUT2D eigenvalue weighted by molar-refractivity contribution is -0.142. The minimum absolute atomic E-state index is 0.0294. The molecule has 0 aromatic rings. The maximum atomic E-state index is 11.7. The Morgan fingerprint density at radius 2 is 1.94 bits per heavy atom. The summed E-state index contributed by atoms with van der Waals surface area (Å²) in [5.74, 6) is -1.64. The fraction of sp³-hybridized carbons (Fsp3) is 0.727. The number of hydrogen-bond acceptors (Lipinski definition) is 4. The third-order valence-electron chi connectivity index (χ3n) is 2.85. The van der Waals surface area contributed by atoms with Crippen LogP contribution < -0.4 is 5.32 Å². The molecule has 1 rings (SSSR count). The van der Waals surface area contributed by atoms with Crippen LogP contribution in [-0.4, -0.2) is 54.2 Å². The second-order valence-corrected chi connectivity index (χ2v) is 4.15. The van der Waals surface area contributed by atoms with Crippen LogP contribution in [0.2, 0.25) is 0 Å². The van der Waals surface area contributed by atoms with Gasteiger partial charge in [0.25, 0.3) is 0 Å². The van der Waals surface area contributed by atoms with E-state index >= 15 is 0 Å². The van der Waals surface area contributed by atoms with Crippen LogP contribution in [0.1, 0.15) is 25.7 Å². The van der Waals surface area contributed by atoms with E-state index in [0.717, 1.165) is 12.8 Å². The highest BCUT2D eigenvalue weighted by molar-refractivity contribution is 5.83. The van der Waals surface area contributed by atoms with Crippen molar-refractivity contribution in [2.24, 2.45) is 0 Å². The summed E-state index contributed by atoms with van der Waals surface area (Å²) in [6.07, 6.45) is 1.87. The summed E-state index contributed by atoms with van der Waals surface area (Å²) in [5.41, 5.74) is 0. The van der Waals surface area contributed by atoms with Gasteiger partial charge in [-0.15, -0.1) is 0 Å². The molecule has 2 N–H and O–H groups in total. The van der Waals surface area contributed by atoms with Gasteiger partial charge in [-0.05, 0) is 19.3 Å². The quantitative estimate of drug-likeness (QED) is 0.687. The largest absolute Gasteiger partial charge is 0.480 e. The Balaban J connectivity index is 2.44. The zero-order valence-electron chi connectivity index (χ0n) is 10.3. The van der Waals surface area contributed by atoms with Crippen LogP contribution in [0.3, 0.4) is 0 Å². The number of nitrogens with one attached hydrogen (secondary N) is 1. The number of carboxylic acid groups (broad SMARTS) is 1. The van der Waals surface area contributed by atoms with Crippen molar-refractivity contribution in [3.8, 4) is 0 Å². The number of carbonyl (C=O) groups is 3. The summed E-state index contributed by atoms with van der Waals surface area (Å²) >= 11 is 0. The zero-order chi connectivity index (χ0) is 13.5. The molecular weight excluding hydrogens is 240 g/mol. The molecule has 18 heavy (non-hydrogen) atoms. The number of nitrogens with zero attached hydrogens (tertiary/aromatic N) is 1. The molecule has 1 saturated heterocycles. The van der Waals surface area contributed by atoms with Crippen LogP contribution in [0, 0.1) is 0 Å². The molecule has 0 radical (unpaired) electrons. The number of likely N-dealkylation sites (tertiary alicyclic amines) is 1. The van der Waals surface area contributed by atoms with E-state index in [2.05, 4.69) is 10.1 Å². The molecule has 7 heteroatoms. The number of amides is 2. The van der Waals surface area contributed by atoms with E-state index in [9.17, 15) is 14.4 Å². The number of hydrogen-bond donors (Lipinski definition) is 2. The molecule has 102 valence electrons. The van der Waals surface area contributed by atoms with Crippen LogP contribution >= 0.6 is 0 Å². The average molecular weight is 258 g/mol. The van der Waals surface area contributed by atoms with E-state index < -0.39 is 18.0 Å². The van der Waals surface area contributed by atoms with Gasteiger partial charge in [-0.1, -0.05) is 0 Å². The fourth-order valence-electron chi connectivity index (χ4n) is 1.78. The minimum Gasteiger partial charge on any atom is -0.480 e. The van der Waals surface area contributed by atoms with Crippen LogP contribution in [-0.2, 0) is 14.3 Å². The molecule has 1 fully saturated rings. The molecule has 1 atom stereocenters. The molecule has 0 spiro atoms. The highest BCUT2D eigenvalue weighted by Gasteiger charge is 2.25. The Bertz CT molecular complexity index is 325. The van der Waals surface area contributed by atoms with Gasteiger partial charge in [0.1, 0.15) is 6.04 Å². The number of urea groups is 1. The van der Waals surface area contributed by atoms with Crippen molar-refractivity contribution in [3.05, 3.63) is 0 Å². The van der Waals surface area contributed by atoms with Crippen molar-refractivity contribution in [1.29, 1.82) is 0 Å². The summed E-state index contributed by atoms with van der Waals surface area (Å²) in [5, 5.41) is 11.4. The van der Waals surface area contributed by atoms with Crippen molar-refractivity contribution in [2.75, 3.05) is 20.2 Å². The van der Waals surface area contributed by atoms with Gasteiger partial charge in [0.2, 0.25) is 0 Å². The van der Waals surface area contributed by atoms with E-state index in [-0.39, 0.29) is 18.9 Å². The first-order chi connectivity index (χ1) is 8.54. The number of methoxy groups -OCH3 is 1. The molecule has 0 aromatic carbocycles. The summed E-state index contributed by atoms with van der Waals surface area (Å²) in [6, 6.07) is -1.44. The number of carbonyl (C=O) groups excluding carboxylic acids is 2. The van der Waals surface area contributed by atoms with Gasteiger partial charge in [-0.3, -0.25) is 4.79 Å². The lowest BCUT2D eigenvalue weighted by Crippen LogP contribution is -2.47. The SMILES string of the molecule is COC(=O)CC[C@H](NC(=O)N1CCCC1)C(=O)O. The van der Waals surface area contributed by atoms with E-state index in [0.29, 0.717) is 13.1 Å². The Labute approximate surface area is 105 Å². The lowest BCUT2D eigenvalue weighted by atomic mass is 10.1. The van der Waals surface area contributed by atoms with Crippen molar-refractivity contribution >= 4 is 18.0 Å². The Hall–Kier alpha value is -1.79. The van der Waals surface area contributed by atoms with Gasteiger partial charge in [0, 0.05) is 19.5 Å². The molecular formula is C11H18N2O5. The molecule has 7 nitrogen and oxygen atoms in total. The van der Waals surface area contributed by atoms with E-state index in [4.69, 9.17) is 5.11 Å². The second kappa shape index (κ2) is 6.83. The predicted molar refractivity (Wildman–Crippen MR) is 62.0 cm³/mol. The number of rotatable bonds is 5. The number of aliphatic carboxylic acids is 1. The normalized spacial score (nSPS) is 16.2. The number of carboxylic acids is 1. The molecule has 1 aliphatic heterocycles. The molecule has 1 heterocycles. The van der Waals surface area contributed by atoms with E-state index in [1.165, 1.54) is 7.11 Å². The van der Waals surface area contributed by atoms with E-state index in [1.54, 1.807) is 4.90 Å². The molecule has 0 saturated carbocycles. The molecule has 0 bridgehead atoms. The van der Waals surface area contributed by atoms with Crippen LogP contribution in [0.5, 0.6) is 0 Å². The lowest BCUT2D eigenvalue weighted by Gasteiger charge is -2.20. The van der Waals surface area contributed by atoms with Gasteiger partial charge in [0.15, 0.2) is 0 Å². The van der Waals surface area contributed by atoms with Gasteiger partial charge in [-0.25, -0.2) is 9.59 Å². The maximum Gasteiger partial charge on any atom is 0.326 e. The van der Waals surface area contributed by atoms with Crippen molar-refractivity contribution in [2.45, 2.75) is 31.7 Å². The van der Waals surface area contributed by atoms with Crippen molar-refractivity contribution < 1.29 is 24.2 Å². The maximum absolute atomic E-state index is 11.7. The molecule has 1 aliphatic rings. The van der Waals surface area contributed by atoms with Gasteiger partial charge in [0.05, 0.1) is 7.11 Å².